The Labute approximate surface area is 129 Å². The number of aromatic nitrogens is 2. The lowest BCUT2D eigenvalue weighted by molar-refractivity contribution is 0.555. The SMILES string of the molecule is Cc1cc(Br)cc2c1c(F)nn2S(=O)(=O)c1ccccc1. The molecule has 0 amide bonds. The van der Waals surface area contributed by atoms with E-state index in [0.717, 1.165) is 4.09 Å². The van der Waals surface area contributed by atoms with Gasteiger partial charge in [0, 0.05) is 4.47 Å². The van der Waals surface area contributed by atoms with Crippen LogP contribution in [0.1, 0.15) is 5.56 Å². The fraction of sp³-hybridized carbons (Fsp3) is 0.0714. The molecule has 0 spiro atoms. The smallest absolute Gasteiger partial charge is 0.199 e. The molecule has 1 aromatic heterocycles. The van der Waals surface area contributed by atoms with E-state index in [0.29, 0.717) is 10.0 Å². The second-order valence-electron chi connectivity index (χ2n) is 4.57. The molecule has 0 aliphatic rings. The molecule has 0 atom stereocenters. The maximum absolute atomic E-state index is 14.0. The van der Waals surface area contributed by atoms with Crippen LogP contribution in [0.2, 0.25) is 0 Å². The topological polar surface area (TPSA) is 52.0 Å². The average molecular weight is 369 g/mol. The Balaban J connectivity index is 2.37. The first-order chi connectivity index (χ1) is 9.91. The molecule has 0 unspecified atom stereocenters. The molecule has 3 rings (SSSR count). The predicted molar refractivity (Wildman–Crippen MR) is 81.2 cm³/mol. The zero-order valence-corrected chi connectivity index (χ0v) is 13.3. The maximum atomic E-state index is 14.0. The molecule has 0 bridgehead atoms. The summed E-state index contributed by atoms with van der Waals surface area (Å²) in [5, 5.41) is 3.79. The van der Waals surface area contributed by atoms with Gasteiger partial charge in [-0.1, -0.05) is 34.1 Å². The fourth-order valence-electron chi connectivity index (χ4n) is 2.20. The van der Waals surface area contributed by atoms with E-state index < -0.39 is 16.0 Å². The van der Waals surface area contributed by atoms with Crippen LogP contribution in [0.3, 0.4) is 0 Å². The van der Waals surface area contributed by atoms with Crippen molar-refractivity contribution in [2.75, 3.05) is 0 Å². The molecule has 0 aliphatic heterocycles. The van der Waals surface area contributed by atoms with Crippen molar-refractivity contribution in [2.45, 2.75) is 11.8 Å². The van der Waals surface area contributed by atoms with E-state index in [1.54, 1.807) is 37.3 Å². The van der Waals surface area contributed by atoms with Crippen LogP contribution >= 0.6 is 15.9 Å². The molecule has 1 heterocycles. The van der Waals surface area contributed by atoms with Gasteiger partial charge >= 0.3 is 0 Å². The van der Waals surface area contributed by atoms with Gasteiger partial charge in [0.25, 0.3) is 10.0 Å². The quantitative estimate of drug-likeness (QED) is 0.695. The second-order valence-corrected chi connectivity index (χ2v) is 7.25. The first-order valence-corrected chi connectivity index (χ1v) is 8.29. The zero-order valence-electron chi connectivity index (χ0n) is 10.9. The highest BCUT2D eigenvalue weighted by atomic mass is 79.9. The van der Waals surface area contributed by atoms with Gasteiger partial charge in [-0.15, -0.1) is 5.10 Å². The number of nitrogens with zero attached hydrogens (tertiary/aromatic N) is 2. The third-order valence-electron chi connectivity index (χ3n) is 3.14. The van der Waals surface area contributed by atoms with Gasteiger partial charge in [-0.25, -0.2) is 0 Å². The highest BCUT2D eigenvalue weighted by Gasteiger charge is 2.24. The first-order valence-electron chi connectivity index (χ1n) is 6.06. The van der Waals surface area contributed by atoms with Crippen molar-refractivity contribution >= 4 is 36.9 Å². The molecule has 0 radical (unpaired) electrons. The van der Waals surface area contributed by atoms with Crippen molar-refractivity contribution in [3.63, 3.8) is 0 Å². The van der Waals surface area contributed by atoms with E-state index in [-0.39, 0.29) is 15.8 Å². The number of aryl methyl sites for hydroxylation is 1. The summed E-state index contributed by atoms with van der Waals surface area (Å²) in [4.78, 5) is 0.0621. The van der Waals surface area contributed by atoms with E-state index in [1.165, 1.54) is 12.1 Å². The minimum Gasteiger partial charge on any atom is -0.199 e. The van der Waals surface area contributed by atoms with Gasteiger partial charge in [-0.3, -0.25) is 0 Å². The Bertz CT molecular complexity index is 937. The summed E-state index contributed by atoms with van der Waals surface area (Å²) in [6, 6.07) is 11.1. The lowest BCUT2D eigenvalue weighted by atomic mass is 10.1. The van der Waals surface area contributed by atoms with Crippen LogP contribution in [0.15, 0.2) is 51.8 Å². The third-order valence-corrected chi connectivity index (χ3v) is 5.20. The van der Waals surface area contributed by atoms with Crippen LogP contribution in [0.4, 0.5) is 4.39 Å². The van der Waals surface area contributed by atoms with E-state index in [4.69, 9.17) is 0 Å². The number of halogens is 2. The molecular weight excluding hydrogens is 359 g/mol. The summed E-state index contributed by atoms with van der Waals surface area (Å²) in [6.07, 6.45) is 0. The van der Waals surface area contributed by atoms with Crippen molar-refractivity contribution in [1.29, 1.82) is 0 Å². The van der Waals surface area contributed by atoms with Crippen LogP contribution < -0.4 is 0 Å². The number of benzene rings is 2. The standard InChI is InChI=1S/C14H10BrFN2O2S/c1-9-7-10(15)8-12-13(9)14(16)17-18(12)21(19,20)11-5-3-2-4-6-11/h2-8H,1H3. The van der Waals surface area contributed by atoms with Crippen LogP contribution in [-0.4, -0.2) is 17.6 Å². The van der Waals surface area contributed by atoms with Crippen molar-refractivity contribution in [2.24, 2.45) is 0 Å². The van der Waals surface area contributed by atoms with Crippen LogP contribution in [-0.2, 0) is 10.0 Å². The summed E-state index contributed by atoms with van der Waals surface area (Å²) in [5.41, 5.74) is 0.828. The molecule has 108 valence electrons. The van der Waals surface area contributed by atoms with Crippen molar-refractivity contribution in [3.05, 3.63) is 58.4 Å². The Kier molecular flexibility index (Phi) is 3.33. The molecule has 4 nitrogen and oxygen atoms in total. The average Bonchev–Trinajstić information content (AvgIpc) is 2.77. The Morgan fingerprint density at radius 2 is 1.86 bits per heavy atom. The lowest BCUT2D eigenvalue weighted by Crippen LogP contribution is -2.14. The van der Waals surface area contributed by atoms with Gasteiger partial charge in [0.05, 0.1) is 15.8 Å². The summed E-state index contributed by atoms with van der Waals surface area (Å²) < 4.78 is 40.6. The van der Waals surface area contributed by atoms with Gasteiger partial charge in [0.1, 0.15) is 0 Å². The number of rotatable bonds is 2. The van der Waals surface area contributed by atoms with Gasteiger partial charge < -0.3 is 0 Å². The second kappa shape index (κ2) is 4.92. The predicted octanol–water partition coefficient (Wildman–Crippen LogP) is 3.48. The zero-order chi connectivity index (χ0) is 15.2. The summed E-state index contributed by atoms with van der Waals surface area (Å²) >= 11 is 3.29. The summed E-state index contributed by atoms with van der Waals surface area (Å²) in [6.45, 7) is 1.71. The Hall–Kier alpha value is -1.73. The molecule has 0 fully saturated rings. The van der Waals surface area contributed by atoms with E-state index >= 15 is 0 Å². The molecule has 0 aliphatic carbocycles. The fourth-order valence-corrected chi connectivity index (χ4v) is 4.05. The Morgan fingerprint density at radius 3 is 2.52 bits per heavy atom. The van der Waals surface area contributed by atoms with E-state index in [1.807, 2.05) is 0 Å². The van der Waals surface area contributed by atoms with Crippen molar-refractivity contribution in [1.82, 2.24) is 9.19 Å². The molecule has 2 aromatic carbocycles. The molecule has 3 aromatic rings. The van der Waals surface area contributed by atoms with Gasteiger partial charge in [0.2, 0.25) is 5.95 Å². The molecular formula is C14H10BrFN2O2S. The number of hydrogen-bond donors (Lipinski definition) is 0. The summed E-state index contributed by atoms with van der Waals surface area (Å²) in [5.74, 6) is -0.797. The maximum Gasteiger partial charge on any atom is 0.283 e. The molecule has 0 N–H and O–H groups in total. The lowest BCUT2D eigenvalue weighted by Gasteiger charge is -2.06. The van der Waals surface area contributed by atoms with Crippen LogP contribution in [0.5, 0.6) is 0 Å². The first kappa shape index (κ1) is 14.2. The Morgan fingerprint density at radius 1 is 1.19 bits per heavy atom. The van der Waals surface area contributed by atoms with Gasteiger partial charge in [0.15, 0.2) is 0 Å². The van der Waals surface area contributed by atoms with Crippen molar-refractivity contribution in [3.8, 4) is 0 Å². The third kappa shape index (κ3) is 2.26. The molecule has 0 saturated carbocycles. The van der Waals surface area contributed by atoms with Gasteiger partial charge in [-0.05, 0) is 36.8 Å². The number of fused-ring (bicyclic) bond motifs is 1. The van der Waals surface area contributed by atoms with Gasteiger partial charge in [-0.2, -0.15) is 16.9 Å². The summed E-state index contributed by atoms with van der Waals surface area (Å²) in [7, 11) is -3.93. The minimum atomic E-state index is -3.93. The van der Waals surface area contributed by atoms with Crippen LogP contribution in [0.25, 0.3) is 10.9 Å². The van der Waals surface area contributed by atoms with Crippen molar-refractivity contribution < 1.29 is 12.8 Å². The van der Waals surface area contributed by atoms with E-state index in [2.05, 4.69) is 21.0 Å². The van der Waals surface area contributed by atoms with Crippen LogP contribution in [0, 0.1) is 12.9 Å². The normalized spacial score (nSPS) is 12.0. The molecule has 7 heteroatoms. The minimum absolute atomic E-state index is 0.0621. The highest BCUT2D eigenvalue weighted by molar-refractivity contribution is 9.10. The van der Waals surface area contributed by atoms with E-state index in [9.17, 15) is 12.8 Å². The number of hydrogen-bond acceptors (Lipinski definition) is 3. The molecule has 21 heavy (non-hydrogen) atoms. The largest absolute Gasteiger partial charge is 0.283 e. The monoisotopic (exact) mass is 368 g/mol. The highest BCUT2D eigenvalue weighted by Crippen LogP contribution is 2.28. The molecule has 0 saturated heterocycles.